The summed E-state index contributed by atoms with van der Waals surface area (Å²) in [7, 11) is 0. The molecule has 2 rings (SSSR count). The summed E-state index contributed by atoms with van der Waals surface area (Å²) in [5.74, 6) is -0.0261. The molecule has 1 aromatic carbocycles. The van der Waals surface area contributed by atoms with E-state index in [2.05, 4.69) is 10.6 Å². The Hall–Kier alpha value is -1.06. The summed E-state index contributed by atoms with van der Waals surface area (Å²) in [6, 6.07) is 6.11. The second-order valence-corrected chi connectivity index (χ2v) is 5.60. The molecule has 104 valence electrons. The highest BCUT2D eigenvalue weighted by atomic mass is 35.5. The standard InChI is InChI=1S/C15H21ClN2O/c1-11-6-5-9-13(16)15(11)18-14(19)10-17-12-7-3-2-4-8-12/h5-6,9,12,17H,2-4,7-8,10H2,1H3,(H,18,19). The van der Waals surface area contributed by atoms with Gasteiger partial charge in [-0.3, -0.25) is 4.79 Å². The van der Waals surface area contributed by atoms with Crippen molar-refractivity contribution in [1.82, 2.24) is 5.32 Å². The molecule has 1 aliphatic rings. The minimum atomic E-state index is -0.0261. The first-order chi connectivity index (χ1) is 9.16. The Morgan fingerprint density at radius 3 is 2.74 bits per heavy atom. The highest BCUT2D eigenvalue weighted by Crippen LogP contribution is 2.25. The number of benzene rings is 1. The molecule has 4 heteroatoms. The number of nitrogens with one attached hydrogen (secondary N) is 2. The van der Waals surface area contributed by atoms with Crippen molar-refractivity contribution < 1.29 is 4.79 Å². The lowest BCUT2D eigenvalue weighted by molar-refractivity contribution is -0.115. The van der Waals surface area contributed by atoms with Gasteiger partial charge >= 0.3 is 0 Å². The highest BCUT2D eigenvalue weighted by molar-refractivity contribution is 6.33. The van der Waals surface area contributed by atoms with Crippen molar-refractivity contribution in [1.29, 1.82) is 0 Å². The summed E-state index contributed by atoms with van der Waals surface area (Å²) in [6.45, 7) is 2.30. The van der Waals surface area contributed by atoms with Gasteiger partial charge in [0.25, 0.3) is 0 Å². The monoisotopic (exact) mass is 280 g/mol. The molecule has 0 aliphatic heterocycles. The van der Waals surface area contributed by atoms with Crippen LogP contribution < -0.4 is 10.6 Å². The van der Waals surface area contributed by atoms with Gasteiger partial charge in [0, 0.05) is 6.04 Å². The fourth-order valence-electron chi connectivity index (χ4n) is 2.52. The molecule has 1 aliphatic carbocycles. The van der Waals surface area contributed by atoms with E-state index in [1.54, 1.807) is 6.07 Å². The predicted octanol–water partition coefficient (Wildman–Crippen LogP) is 3.51. The number of aryl methyl sites for hydroxylation is 1. The number of halogens is 1. The van der Waals surface area contributed by atoms with Crippen molar-refractivity contribution in [2.45, 2.75) is 45.1 Å². The predicted molar refractivity (Wildman–Crippen MR) is 79.7 cm³/mol. The molecule has 1 fully saturated rings. The van der Waals surface area contributed by atoms with E-state index in [-0.39, 0.29) is 5.91 Å². The van der Waals surface area contributed by atoms with Gasteiger partial charge in [0.2, 0.25) is 5.91 Å². The van der Waals surface area contributed by atoms with Crippen molar-refractivity contribution in [3.63, 3.8) is 0 Å². The SMILES string of the molecule is Cc1cccc(Cl)c1NC(=O)CNC1CCCCC1. The second kappa shape index (κ2) is 6.92. The molecule has 0 bridgehead atoms. The Balaban J connectivity index is 1.83. The van der Waals surface area contributed by atoms with Gasteiger partial charge in [0.1, 0.15) is 0 Å². The molecule has 0 heterocycles. The molecular formula is C15H21ClN2O. The quantitative estimate of drug-likeness (QED) is 0.886. The van der Waals surface area contributed by atoms with E-state index in [9.17, 15) is 4.79 Å². The molecule has 0 unspecified atom stereocenters. The van der Waals surface area contributed by atoms with Crippen molar-refractivity contribution in [2.75, 3.05) is 11.9 Å². The molecule has 19 heavy (non-hydrogen) atoms. The number of para-hydroxylation sites is 1. The van der Waals surface area contributed by atoms with Gasteiger partial charge in [-0.25, -0.2) is 0 Å². The molecule has 1 saturated carbocycles. The van der Waals surface area contributed by atoms with E-state index in [1.165, 1.54) is 32.1 Å². The van der Waals surface area contributed by atoms with Crippen LogP contribution in [0.5, 0.6) is 0 Å². The minimum absolute atomic E-state index is 0.0261. The fraction of sp³-hybridized carbons (Fsp3) is 0.533. The molecule has 1 aromatic rings. The van der Waals surface area contributed by atoms with E-state index in [0.29, 0.717) is 17.6 Å². The Morgan fingerprint density at radius 1 is 1.32 bits per heavy atom. The third kappa shape index (κ3) is 4.22. The van der Waals surface area contributed by atoms with Gasteiger partial charge in [-0.15, -0.1) is 0 Å². The first-order valence-corrected chi connectivity index (χ1v) is 7.33. The highest BCUT2D eigenvalue weighted by Gasteiger charge is 2.14. The van der Waals surface area contributed by atoms with Crippen LogP contribution in [0, 0.1) is 6.92 Å². The summed E-state index contributed by atoms with van der Waals surface area (Å²) in [6.07, 6.45) is 6.21. The van der Waals surface area contributed by atoms with Crippen LogP contribution in [-0.2, 0) is 4.79 Å². The lowest BCUT2D eigenvalue weighted by atomic mass is 9.95. The van der Waals surface area contributed by atoms with Crippen molar-refractivity contribution in [2.24, 2.45) is 0 Å². The lowest BCUT2D eigenvalue weighted by Crippen LogP contribution is -2.37. The number of hydrogen-bond donors (Lipinski definition) is 2. The van der Waals surface area contributed by atoms with Gasteiger partial charge < -0.3 is 10.6 Å². The second-order valence-electron chi connectivity index (χ2n) is 5.20. The van der Waals surface area contributed by atoms with E-state index >= 15 is 0 Å². The topological polar surface area (TPSA) is 41.1 Å². The Labute approximate surface area is 119 Å². The van der Waals surface area contributed by atoms with Crippen LogP contribution >= 0.6 is 11.6 Å². The third-order valence-electron chi connectivity index (χ3n) is 3.64. The van der Waals surface area contributed by atoms with Crippen LogP contribution in [0.3, 0.4) is 0 Å². The maximum atomic E-state index is 11.9. The van der Waals surface area contributed by atoms with Crippen molar-refractivity contribution in [3.05, 3.63) is 28.8 Å². The molecule has 2 N–H and O–H groups in total. The van der Waals surface area contributed by atoms with Crippen LogP contribution in [0.1, 0.15) is 37.7 Å². The van der Waals surface area contributed by atoms with Gasteiger partial charge in [-0.2, -0.15) is 0 Å². The number of carbonyl (C=O) groups excluding carboxylic acids is 1. The van der Waals surface area contributed by atoms with Gasteiger partial charge in [0.05, 0.1) is 17.3 Å². The van der Waals surface area contributed by atoms with Crippen LogP contribution in [-0.4, -0.2) is 18.5 Å². The van der Waals surface area contributed by atoms with Crippen molar-refractivity contribution >= 4 is 23.2 Å². The summed E-state index contributed by atoms with van der Waals surface area (Å²) in [5, 5.41) is 6.80. The Bertz CT molecular complexity index is 422. The van der Waals surface area contributed by atoms with Crippen LogP contribution in [0.2, 0.25) is 5.02 Å². The van der Waals surface area contributed by atoms with Crippen molar-refractivity contribution in [3.8, 4) is 0 Å². The summed E-state index contributed by atoms with van der Waals surface area (Å²) in [5.41, 5.74) is 1.71. The zero-order valence-corrected chi connectivity index (χ0v) is 12.1. The van der Waals surface area contributed by atoms with Crippen LogP contribution in [0.4, 0.5) is 5.69 Å². The fourth-order valence-corrected chi connectivity index (χ4v) is 2.79. The number of amides is 1. The van der Waals surface area contributed by atoms with E-state index in [0.717, 1.165) is 11.3 Å². The maximum absolute atomic E-state index is 11.9. The molecule has 3 nitrogen and oxygen atoms in total. The Morgan fingerprint density at radius 2 is 2.05 bits per heavy atom. The molecule has 0 saturated heterocycles. The number of rotatable bonds is 4. The number of carbonyl (C=O) groups is 1. The maximum Gasteiger partial charge on any atom is 0.238 e. The smallest absolute Gasteiger partial charge is 0.238 e. The molecule has 0 aromatic heterocycles. The van der Waals surface area contributed by atoms with Gasteiger partial charge in [-0.1, -0.05) is 43.0 Å². The van der Waals surface area contributed by atoms with Gasteiger partial charge in [0.15, 0.2) is 0 Å². The lowest BCUT2D eigenvalue weighted by Gasteiger charge is -2.22. The average molecular weight is 281 g/mol. The minimum Gasteiger partial charge on any atom is -0.323 e. The van der Waals surface area contributed by atoms with Gasteiger partial charge in [-0.05, 0) is 31.4 Å². The molecule has 0 atom stereocenters. The van der Waals surface area contributed by atoms with Crippen LogP contribution in [0.25, 0.3) is 0 Å². The number of anilines is 1. The van der Waals surface area contributed by atoms with E-state index in [4.69, 9.17) is 11.6 Å². The zero-order chi connectivity index (χ0) is 13.7. The molecule has 0 spiro atoms. The van der Waals surface area contributed by atoms with E-state index < -0.39 is 0 Å². The summed E-state index contributed by atoms with van der Waals surface area (Å²) >= 11 is 6.09. The largest absolute Gasteiger partial charge is 0.323 e. The normalized spacial score (nSPS) is 16.3. The summed E-state index contributed by atoms with van der Waals surface area (Å²) in [4.78, 5) is 11.9. The molecule has 0 radical (unpaired) electrons. The third-order valence-corrected chi connectivity index (χ3v) is 3.96. The first kappa shape index (κ1) is 14.4. The first-order valence-electron chi connectivity index (χ1n) is 6.95. The average Bonchev–Trinajstić information content (AvgIpc) is 2.42. The molecular weight excluding hydrogens is 260 g/mol. The summed E-state index contributed by atoms with van der Waals surface area (Å²) < 4.78 is 0. The number of hydrogen-bond acceptors (Lipinski definition) is 2. The molecule has 1 amide bonds. The van der Waals surface area contributed by atoms with E-state index in [1.807, 2.05) is 19.1 Å². The zero-order valence-electron chi connectivity index (χ0n) is 11.3. The van der Waals surface area contributed by atoms with Crippen LogP contribution in [0.15, 0.2) is 18.2 Å². The Kier molecular flexibility index (Phi) is 5.23.